The Labute approximate surface area is 166 Å². The van der Waals surface area contributed by atoms with Crippen LogP contribution in [0.5, 0.6) is 0 Å². The van der Waals surface area contributed by atoms with Crippen molar-refractivity contribution in [3.05, 3.63) is 62.3 Å². The summed E-state index contributed by atoms with van der Waals surface area (Å²) in [4.78, 5) is 33.9. The van der Waals surface area contributed by atoms with Crippen LogP contribution in [0.3, 0.4) is 0 Å². The average molecular weight is 401 g/mol. The Kier molecular flexibility index (Phi) is 5.10. The van der Waals surface area contributed by atoms with Crippen LogP contribution in [0.25, 0.3) is 11.2 Å². The van der Waals surface area contributed by atoms with Gasteiger partial charge in [-0.1, -0.05) is 12.1 Å². The lowest BCUT2D eigenvalue weighted by molar-refractivity contribution is -0.0712. The predicted octanol–water partition coefficient (Wildman–Crippen LogP) is 1.22. The molecule has 8 nitrogen and oxygen atoms in total. The SMILES string of the molecule is C[C@@H]1CN(Cc2nc3c(c(=O)[nH]c(=O)n3C)n2Cc2ccc(F)cc2)C[C@H](C)O1. The molecule has 9 heteroatoms. The van der Waals surface area contributed by atoms with Crippen molar-refractivity contribution in [1.29, 1.82) is 0 Å². The first-order valence-electron chi connectivity index (χ1n) is 9.62. The number of hydrogen-bond donors (Lipinski definition) is 1. The Hall–Kier alpha value is -2.78. The fourth-order valence-corrected chi connectivity index (χ4v) is 3.96. The molecule has 4 rings (SSSR count). The zero-order valence-electron chi connectivity index (χ0n) is 16.7. The van der Waals surface area contributed by atoms with Crippen LogP contribution in [0, 0.1) is 5.82 Å². The summed E-state index contributed by atoms with van der Waals surface area (Å²) in [7, 11) is 1.58. The van der Waals surface area contributed by atoms with E-state index < -0.39 is 11.2 Å². The van der Waals surface area contributed by atoms with E-state index in [0.717, 1.165) is 18.7 Å². The Balaban J connectivity index is 1.80. The van der Waals surface area contributed by atoms with Gasteiger partial charge in [-0.05, 0) is 31.5 Å². The van der Waals surface area contributed by atoms with Gasteiger partial charge < -0.3 is 9.30 Å². The lowest BCUT2D eigenvalue weighted by Crippen LogP contribution is -2.45. The van der Waals surface area contributed by atoms with E-state index in [0.29, 0.717) is 30.1 Å². The highest BCUT2D eigenvalue weighted by molar-refractivity contribution is 5.71. The minimum atomic E-state index is -0.505. The molecule has 1 saturated heterocycles. The van der Waals surface area contributed by atoms with Gasteiger partial charge in [0.1, 0.15) is 11.6 Å². The minimum Gasteiger partial charge on any atom is -0.373 e. The molecule has 2 aromatic heterocycles. The lowest BCUT2D eigenvalue weighted by atomic mass is 10.2. The molecule has 0 aliphatic carbocycles. The topological polar surface area (TPSA) is 85.2 Å². The summed E-state index contributed by atoms with van der Waals surface area (Å²) in [5.41, 5.74) is 0.525. The van der Waals surface area contributed by atoms with Crippen molar-refractivity contribution in [2.45, 2.75) is 39.1 Å². The Morgan fingerprint density at radius 3 is 2.45 bits per heavy atom. The highest BCUT2D eigenvalue weighted by Gasteiger charge is 2.25. The third-order valence-corrected chi connectivity index (χ3v) is 5.20. The van der Waals surface area contributed by atoms with Crippen molar-refractivity contribution < 1.29 is 9.13 Å². The zero-order chi connectivity index (χ0) is 20.7. The Bertz CT molecular complexity index is 1140. The average Bonchev–Trinajstić information content (AvgIpc) is 2.99. The van der Waals surface area contributed by atoms with Crippen molar-refractivity contribution in [3.63, 3.8) is 0 Å². The molecule has 0 amide bonds. The number of fused-ring (bicyclic) bond motifs is 1. The van der Waals surface area contributed by atoms with Gasteiger partial charge in [-0.15, -0.1) is 0 Å². The monoisotopic (exact) mass is 401 g/mol. The Morgan fingerprint density at radius 1 is 1.14 bits per heavy atom. The molecule has 3 aromatic rings. The molecule has 0 saturated carbocycles. The second-order valence-corrected chi connectivity index (χ2v) is 7.68. The molecule has 3 heterocycles. The van der Waals surface area contributed by atoms with Crippen molar-refractivity contribution in [1.82, 2.24) is 24.0 Å². The lowest BCUT2D eigenvalue weighted by Gasteiger charge is -2.35. The summed E-state index contributed by atoms with van der Waals surface area (Å²) in [6.45, 7) is 6.42. The number of morpholine rings is 1. The minimum absolute atomic E-state index is 0.0986. The smallest absolute Gasteiger partial charge is 0.329 e. The van der Waals surface area contributed by atoms with Gasteiger partial charge in [0, 0.05) is 26.7 Å². The maximum Gasteiger partial charge on any atom is 0.329 e. The first-order chi connectivity index (χ1) is 13.8. The highest BCUT2D eigenvalue weighted by Crippen LogP contribution is 2.18. The number of H-pyrrole nitrogens is 1. The quantitative estimate of drug-likeness (QED) is 0.711. The van der Waals surface area contributed by atoms with Crippen LogP contribution < -0.4 is 11.2 Å². The van der Waals surface area contributed by atoms with Gasteiger partial charge in [-0.3, -0.25) is 19.2 Å². The molecular formula is C20H24FN5O3. The molecular weight excluding hydrogens is 377 g/mol. The maximum atomic E-state index is 13.3. The number of nitrogens with zero attached hydrogens (tertiary/aromatic N) is 4. The molecule has 1 aliphatic heterocycles. The second-order valence-electron chi connectivity index (χ2n) is 7.68. The summed E-state index contributed by atoms with van der Waals surface area (Å²) >= 11 is 0. The third-order valence-electron chi connectivity index (χ3n) is 5.20. The van der Waals surface area contributed by atoms with Gasteiger partial charge in [0.25, 0.3) is 5.56 Å². The predicted molar refractivity (Wildman–Crippen MR) is 106 cm³/mol. The van der Waals surface area contributed by atoms with E-state index in [1.807, 2.05) is 18.4 Å². The summed E-state index contributed by atoms with van der Waals surface area (Å²) in [6, 6.07) is 6.14. The molecule has 1 fully saturated rings. The van der Waals surface area contributed by atoms with Gasteiger partial charge in [0.15, 0.2) is 11.2 Å². The van der Waals surface area contributed by atoms with E-state index in [-0.39, 0.29) is 18.0 Å². The largest absolute Gasteiger partial charge is 0.373 e. The molecule has 0 spiro atoms. The van der Waals surface area contributed by atoms with E-state index in [2.05, 4.69) is 14.9 Å². The molecule has 0 unspecified atom stereocenters. The number of aromatic nitrogens is 4. The van der Waals surface area contributed by atoms with E-state index in [1.165, 1.54) is 16.7 Å². The molecule has 1 aliphatic rings. The van der Waals surface area contributed by atoms with Gasteiger partial charge in [0.2, 0.25) is 0 Å². The molecule has 29 heavy (non-hydrogen) atoms. The van der Waals surface area contributed by atoms with Gasteiger partial charge in [-0.2, -0.15) is 0 Å². The molecule has 1 aromatic carbocycles. The third kappa shape index (κ3) is 3.88. The number of halogens is 1. The second kappa shape index (κ2) is 7.57. The molecule has 1 N–H and O–H groups in total. The van der Waals surface area contributed by atoms with Crippen LogP contribution in [0.1, 0.15) is 25.2 Å². The number of ether oxygens (including phenoxy) is 1. The molecule has 0 radical (unpaired) electrons. The van der Waals surface area contributed by atoms with Crippen LogP contribution in [-0.2, 0) is 24.9 Å². The summed E-state index contributed by atoms with van der Waals surface area (Å²) < 4.78 is 22.3. The fourth-order valence-electron chi connectivity index (χ4n) is 3.96. The number of nitrogens with one attached hydrogen (secondary N) is 1. The first kappa shape index (κ1) is 19.5. The van der Waals surface area contributed by atoms with E-state index in [9.17, 15) is 14.0 Å². The van der Waals surface area contributed by atoms with Crippen molar-refractivity contribution in [3.8, 4) is 0 Å². The van der Waals surface area contributed by atoms with E-state index >= 15 is 0 Å². The van der Waals surface area contributed by atoms with E-state index in [4.69, 9.17) is 4.74 Å². The van der Waals surface area contributed by atoms with Crippen LogP contribution >= 0.6 is 0 Å². The van der Waals surface area contributed by atoms with Crippen molar-refractivity contribution in [2.24, 2.45) is 7.05 Å². The summed E-state index contributed by atoms with van der Waals surface area (Å²) in [6.07, 6.45) is 0.197. The number of imidazole rings is 1. The zero-order valence-corrected chi connectivity index (χ0v) is 16.7. The number of aryl methyl sites for hydroxylation is 1. The number of rotatable bonds is 4. The van der Waals surface area contributed by atoms with Crippen LogP contribution in [0.2, 0.25) is 0 Å². The number of hydrogen-bond acceptors (Lipinski definition) is 5. The summed E-state index contributed by atoms with van der Waals surface area (Å²) in [5, 5.41) is 0. The van der Waals surface area contributed by atoms with Gasteiger partial charge in [-0.25, -0.2) is 14.2 Å². The number of benzene rings is 1. The van der Waals surface area contributed by atoms with Gasteiger partial charge in [0.05, 0.1) is 18.8 Å². The van der Waals surface area contributed by atoms with Gasteiger partial charge >= 0.3 is 5.69 Å². The molecule has 154 valence electrons. The molecule has 2 atom stereocenters. The van der Waals surface area contributed by atoms with Crippen LogP contribution in [-0.4, -0.2) is 49.3 Å². The van der Waals surface area contributed by atoms with E-state index in [1.54, 1.807) is 19.2 Å². The van der Waals surface area contributed by atoms with Crippen LogP contribution in [0.4, 0.5) is 4.39 Å². The first-order valence-corrected chi connectivity index (χ1v) is 9.62. The summed E-state index contributed by atoms with van der Waals surface area (Å²) in [5.74, 6) is 0.360. The van der Waals surface area contributed by atoms with Crippen molar-refractivity contribution in [2.75, 3.05) is 13.1 Å². The fraction of sp³-hybridized carbons (Fsp3) is 0.450. The maximum absolute atomic E-state index is 13.3. The Morgan fingerprint density at radius 2 is 1.79 bits per heavy atom. The molecule has 0 bridgehead atoms. The van der Waals surface area contributed by atoms with Crippen molar-refractivity contribution >= 4 is 11.2 Å². The van der Waals surface area contributed by atoms with Crippen LogP contribution in [0.15, 0.2) is 33.9 Å². The highest BCUT2D eigenvalue weighted by atomic mass is 19.1. The normalized spacial score (nSPS) is 20.4. The standard InChI is InChI=1S/C20H24FN5O3/c1-12-8-25(9-13(2)29-12)11-16-22-18-17(19(27)23-20(28)24(18)3)26(16)10-14-4-6-15(21)7-5-14/h4-7,12-13H,8-11H2,1-3H3,(H,23,27,28)/t12-,13+. The number of aromatic amines is 1.